The van der Waals surface area contributed by atoms with Gasteiger partial charge in [0.1, 0.15) is 23.6 Å². The highest BCUT2D eigenvalue weighted by Gasteiger charge is 2.60. The molecule has 0 saturated carbocycles. The standard InChI is InChI=1S/C27H31N3O7S/c1-27(2,3)37-25(34)17-11-7-8-12-18(17)29(20(32)13-28)22-23(33)30-21(19(31)15-38-24(22)30)26(35)36-14-16-9-5-4-6-10-16/h4-12,19,21-22,24,31H,13-15,28H2,1-3H3/t19?,21?,22-,24+/m1/s1. The minimum Gasteiger partial charge on any atom is -0.459 e. The Bertz CT molecular complexity index is 1220. The normalized spacial score (nSPS) is 22.7. The number of hydrogen-bond donors (Lipinski definition) is 2. The molecule has 3 N–H and O–H groups in total. The number of benzene rings is 2. The number of aliphatic hydroxyl groups is 1. The summed E-state index contributed by atoms with van der Waals surface area (Å²) in [6, 6.07) is 13.2. The molecule has 2 aromatic rings. The molecule has 2 saturated heterocycles. The van der Waals surface area contributed by atoms with Gasteiger partial charge in [0.2, 0.25) is 5.91 Å². The second-order valence-electron chi connectivity index (χ2n) is 10.0. The zero-order valence-corrected chi connectivity index (χ0v) is 22.2. The first-order valence-corrected chi connectivity index (χ1v) is 13.2. The number of anilines is 1. The Balaban J connectivity index is 1.60. The number of esters is 2. The summed E-state index contributed by atoms with van der Waals surface area (Å²) in [5, 5.41) is 9.97. The number of nitrogens with zero attached hydrogens (tertiary/aromatic N) is 2. The monoisotopic (exact) mass is 541 g/mol. The Morgan fingerprint density at radius 2 is 1.76 bits per heavy atom. The molecule has 0 aromatic heterocycles. The summed E-state index contributed by atoms with van der Waals surface area (Å²) in [6.07, 6.45) is -1.14. The van der Waals surface area contributed by atoms with Crippen molar-refractivity contribution >= 4 is 41.2 Å². The maximum atomic E-state index is 13.5. The van der Waals surface area contributed by atoms with Gasteiger partial charge in [-0.15, -0.1) is 11.8 Å². The predicted octanol–water partition coefficient (Wildman–Crippen LogP) is 1.69. The maximum absolute atomic E-state index is 13.5. The second kappa shape index (κ2) is 11.1. The van der Waals surface area contributed by atoms with E-state index in [1.165, 1.54) is 27.6 Å². The summed E-state index contributed by atoms with van der Waals surface area (Å²) in [5.41, 5.74) is 5.99. The fourth-order valence-electron chi connectivity index (χ4n) is 4.46. The second-order valence-corrected chi connectivity index (χ2v) is 11.2. The van der Waals surface area contributed by atoms with Crippen LogP contribution < -0.4 is 10.6 Å². The minimum atomic E-state index is -1.22. The van der Waals surface area contributed by atoms with Crippen molar-refractivity contribution in [2.24, 2.45) is 5.73 Å². The van der Waals surface area contributed by atoms with E-state index in [1.807, 2.05) is 18.2 Å². The SMILES string of the molecule is CC(C)(C)OC(=O)c1ccccc1N(C(=O)CN)[C@@H]1C(=O)N2C(C(=O)OCc3ccccc3)C(O)CS[C@@H]12. The predicted molar refractivity (Wildman–Crippen MR) is 141 cm³/mol. The molecule has 10 nitrogen and oxygen atoms in total. The van der Waals surface area contributed by atoms with Gasteiger partial charge in [-0.05, 0) is 38.5 Å². The molecular weight excluding hydrogens is 510 g/mol. The van der Waals surface area contributed by atoms with Crippen LogP contribution in [0.4, 0.5) is 5.69 Å². The fourth-order valence-corrected chi connectivity index (χ4v) is 5.85. The Morgan fingerprint density at radius 1 is 1.11 bits per heavy atom. The number of thioether (sulfide) groups is 1. The molecule has 0 bridgehead atoms. The lowest BCUT2D eigenvalue weighted by atomic mass is 9.96. The number of carbonyl (C=O) groups excluding carboxylic acids is 4. The first-order valence-electron chi connectivity index (χ1n) is 12.2. The smallest absolute Gasteiger partial charge is 0.340 e. The van der Waals surface area contributed by atoms with Gasteiger partial charge in [-0.25, -0.2) is 9.59 Å². The van der Waals surface area contributed by atoms with Crippen LogP contribution in [0.15, 0.2) is 54.6 Å². The molecule has 2 aliphatic rings. The third kappa shape index (κ3) is 5.54. The van der Waals surface area contributed by atoms with E-state index >= 15 is 0 Å². The van der Waals surface area contributed by atoms with Gasteiger partial charge in [0.15, 0.2) is 6.04 Å². The van der Waals surface area contributed by atoms with E-state index in [9.17, 15) is 24.3 Å². The Morgan fingerprint density at radius 3 is 2.42 bits per heavy atom. The molecule has 2 amide bonds. The van der Waals surface area contributed by atoms with Crippen LogP contribution in [-0.2, 0) is 30.5 Å². The van der Waals surface area contributed by atoms with Crippen molar-refractivity contribution in [2.75, 3.05) is 17.2 Å². The summed E-state index contributed by atoms with van der Waals surface area (Å²) in [5.74, 6) is -2.36. The van der Waals surface area contributed by atoms with Crippen LogP contribution in [0.1, 0.15) is 36.7 Å². The molecule has 0 spiro atoms. The van der Waals surface area contributed by atoms with Gasteiger partial charge in [-0.1, -0.05) is 42.5 Å². The average Bonchev–Trinajstić information content (AvgIpc) is 2.89. The zero-order chi connectivity index (χ0) is 27.6. The summed E-state index contributed by atoms with van der Waals surface area (Å²) >= 11 is 1.24. The summed E-state index contributed by atoms with van der Waals surface area (Å²) in [7, 11) is 0. The van der Waals surface area contributed by atoms with Crippen molar-refractivity contribution in [1.82, 2.24) is 4.90 Å². The van der Waals surface area contributed by atoms with Crippen molar-refractivity contribution < 1.29 is 33.8 Å². The van der Waals surface area contributed by atoms with Crippen LogP contribution in [0.25, 0.3) is 0 Å². The lowest BCUT2D eigenvalue weighted by molar-refractivity contribution is -0.170. The molecule has 2 unspecified atom stereocenters. The average molecular weight is 542 g/mol. The van der Waals surface area contributed by atoms with Crippen LogP contribution in [0.3, 0.4) is 0 Å². The Kier molecular flexibility index (Phi) is 8.10. The molecule has 4 rings (SSSR count). The molecule has 38 heavy (non-hydrogen) atoms. The Hall–Kier alpha value is -3.41. The molecule has 11 heteroatoms. The van der Waals surface area contributed by atoms with E-state index in [2.05, 4.69) is 0 Å². The third-order valence-electron chi connectivity index (χ3n) is 6.12. The topological polar surface area (TPSA) is 139 Å². The number of aliphatic hydroxyl groups excluding tert-OH is 1. The van der Waals surface area contributed by atoms with Crippen molar-refractivity contribution in [3.63, 3.8) is 0 Å². The summed E-state index contributed by atoms with van der Waals surface area (Å²) in [4.78, 5) is 55.0. The van der Waals surface area contributed by atoms with Crippen molar-refractivity contribution in [2.45, 2.75) is 56.5 Å². The lowest BCUT2D eigenvalue weighted by Crippen LogP contribution is -2.77. The highest BCUT2D eigenvalue weighted by atomic mass is 32.2. The first-order chi connectivity index (χ1) is 18.0. The highest BCUT2D eigenvalue weighted by molar-refractivity contribution is 8.00. The number of para-hydroxylation sites is 1. The molecule has 4 atom stereocenters. The molecule has 2 aromatic carbocycles. The molecule has 2 aliphatic heterocycles. The van der Waals surface area contributed by atoms with E-state index in [0.717, 1.165) is 5.56 Å². The van der Waals surface area contributed by atoms with E-state index < -0.39 is 59.5 Å². The van der Waals surface area contributed by atoms with E-state index in [0.29, 0.717) is 0 Å². The highest BCUT2D eigenvalue weighted by Crippen LogP contribution is 2.43. The largest absolute Gasteiger partial charge is 0.459 e. The quantitative estimate of drug-likeness (QED) is 0.396. The van der Waals surface area contributed by atoms with Gasteiger partial charge in [0.05, 0.1) is 23.9 Å². The number of β-lactam (4-membered cyclic amide) rings is 1. The molecule has 0 aliphatic carbocycles. The van der Waals surface area contributed by atoms with Crippen LogP contribution >= 0.6 is 11.8 Å². The molecule has 202 valence electrons. The lowest BCUT2D eigenvalue weighted by Gasteiger charge is -2.56. The first kappa shape index (κ1) is 27.6. The van der Waals surface area contributed by atoms with Crippen LogP contribution in [0.2, 0.25) is 0 Å². The number of amides is 2. The van der Waals surface area contributed by atoms with Gasteiger partial charge in [0, 0.05) is 5.75 Å². The molecule has 2 fully saturated rings. The van der Waals surface area contributed by atoms with Crippen molar-refractivity contribution in [3.8, 4) is 0 Å². The van der Waals surface area contributed by atoms with E-state index in [-0.39, 0.29) is 23.6 Å². The molecule has 0 radical (unpaired) electrons. The summed E-state index contributed by atoms with van der Waals surface area (Å²) in [6.45, 7) is 4.77. The van der Waals surface area contributed by atoms with Gasteiger partial charge < -0.3 is 25.2 Å². The van der Waals surface area contributed by atoms with E-state index in [4.69, 9.17) is 15.2 Å². The minimum absolute atomic E-state index is 0.00674. The van der Waals surface area contributed by atoms with Gasteiger partial charge in [-0.3, -0.25) is 14.5 Å². The van der Waals surface area contributed by atoms with Crippen LogP contribution in [-0.4, -0.2) is 75.2 Å². The van der Waals surface area contributed by atoms with Crippen molar-refractivity contribution in [3.05, 3.63) is 65.7 Å². The fraction of sp³-hybridized carbons (Fsp3) is 0.407. The number of rotatable bonds is 7. The van der Waals surface area contributed by atoms with Gasteiger partial charge in [0.25, 0.3) is 5.91 Å². The number of hydrogen-bond acceptors (Lipinski definition) is 9. The summed E-state index contributed by atoms with van der Waals surface area (Å²) < 4.78 is 10.9. The number of ether oxygens (including phenoxy) is 2. The zero-order valence-electron chi connectivity index (χ0n) is 21.4. The van der Waals surface area contributed by atoms with Crippen LogP contribution in [0, 0.1) is 0 Å². The van der Waals surface area contributed by atoms with Crippen LogP contribution in [0.5, 0.6) is 0 Å². The molecule has 2 heterocycles. The Labute approximate surface area is 225 Å². The van der Waals surface area contributed by atoms with Gasteiger partial charge in [-0.2, -0.15) is 0 Å². The number of nitrogens with two attached hydrogens (primary N) is 1. The van der Waals surface area contributed by atoms with E-state index in [1.54, 1.807) is 51.1 Å². The van der Waals surface area contributed by atoms with Gasteiger partial charge >= 0.3 is 11.9 Å². The number of carbonyl (C=O) groups is 4. The maximum Gasteiger partial charge on any atom is 0.340 e. The van der Waals surface area contributed by atoms with Crippen molar-refractivity contribution in [1.29, 1.82) is 0 Å². The molecular formula is C27H31N3O7S. The number of fused-ring (bicyclic) bond motifs is 1. The third-order valence-corrected chi connectivity index (χ3v) is 7.48.